The minimum atomic E-state index is 0.00200. The van der Waals surface area contributed by atoms with Gasteiger partial charge in [0.1, 0.15) is 18.1 Å². The molecule has 1 aliphatic carbocycles. The third-order valence-electron chi connectivity index (χ3n) is 4.70. The lowest BCUT2D eigenvalue weighted by Gasteiger charge is -2.28. The Balaban J connectivity index is 1.69. The second-order valence-electron chi connectivity index (χ2n) is 7.21. The maximum absolute atomic E-state index is 8.86. The van der Waals surface area contributed by atoms with E-state index in [0.29, 0.717) is 5.41 Å². The quantitative estimate of drug-likeness (QED) is 0.688. The van der Waals surface area contributed by atoms with Gasteiger partial charge in [-0.25, -0.2) is 4.98 Å². The number of aliphatic hydroxyl groups is 1. The van der Waals surface area contributed by atoms with Crippen LogP contribution in [0.15, 0.2) is 18.2 Å². The summed E-state index contributed by atoms with van der Waals surface area (Å²) in [6, 6.07) is 5.69. The van der Waals surface area contributed by atoms with Crippen molar-refractivity contribution in [1.29, 1.82) is 0 Å². The molecule has 6 heteroatoms. The minimum Gasteiger partial charge on any atom is -0.491 e. The number of H-pyrrole nitrogens is 2. The number of hydrogen-bond acceptors (Lipinski definition) is 4. The number of nitrogens with zero attached hydrogens (tertiary/aromatic N) is 2. The van der Waals surface area contributed by atoms with Gasteiger partial charge in [0.05, 0.1) is 17.6 Å². The molecule has 1 aliphatic rings. The van der Waals surface area contributed by atoms with Gasteiger partial charge in [0.2, 0.25) is 0 Å². The molecule has 4 rings (SSSR count). The number of aromatic amines is 2. The molecular formula is C18H22N4O2. The van der Waals surface area contributed by atoms with Crippen molar-refractivity contribution in [2.75, 3.05) is 13.2 Å². The van der Waals surface area contributed by atoms with E-state index >= 15 is 0 Å². The van der Waals surface area contributed by atoms with Gasteiger partial charge in [0.15, 0.2) is 5.82 Å². The molecule has 0 spiro atoms. The first kappa shape index (κ1) is 15.2. The van der Waals surface area contributed by atoms with Gasteiger partial charge in [-0.15, -0.1) is 0 Å². The number of aliphatic hydroxyl groups excluding tert-OH is 1. The van der Waals surface area contributed by atoms with E-state index in [1.54, 1.807) is 0 Å². The number of imidazole rings is 1. The Kier molecular flexibility index (Phi) is 3.57. The zero-order valence-electron chi connectivity index (χ0n) is 14.0. The molecule has 0 saturated heterocycles. The molecule has 6 nitrogen and oxygen atoms in total. The third kappa shape index (κ3) is 2.67. The fourth-order valence-corrected chi connectivity index (χ4v) is 3.40. The van der Waals surface area contributed by atoms with Crippen molar-refractivity contribution >= 4 is 11.0 Å². The van der Waals surface area contributed by atoms with Gasteiger partial charge in [0, 0.05) is 17.3 Å². The highest BCUT2D eigenvalue weighted by Gasteiger charge is 2.29. The van der Waals surface area contributed by atoms with Crippen LogP contribution in [-0.4, -0.2) is 38.5 Å². The monoisotopic (exact) mass is 326 g/mol. The molecule has 0 amide bonds. The van der Waals surface area contributed by atoms with Crippen LogP contribution in [0.2, 0.25) is 0 Å². The summed E-state index contributed by atoms with van der Waals surface area (Å²) in [6.07, 6.45) is 3.21. The molecule has 0 saturated carbocycles. The Labute approximate surface area is 140 Å². The van der Waals surface area contributed by atoms with Crippen LogP contribution in [-0.2, 0) is 12.8 Å². The Bertz CT molecular complexity index is 878. The maximum atomic E-state index is 8.86. The van der Waals surface area contributed by atoms with Crippen molar-refractivity contribution in [2.24, 2.45) is 5.41 Å². The molecule has 1 aromatic carbocycles. The lowest BCUT2D eigenvalue weighted by molar-refractivity contribution is 0.201. The van der Waals surface area contributed by atoms with Crippen LogP contribution in [0, 0.1) is 5.41 Å². The van der Waals surface area contributed by atoms with Crippen LogP contribution in [0.3, 0.4) is 0 Å². The number of benzene rings is 1. The normalized spacial score (nSPS) is 16.3. The molecule has 0 atom stereocenters. The Hall–Kier alpha value is -2.34. The molecule has 3 aromatic rings. The lowest BCUT2D eigenvalue weighted by atomic mass is 9.76. The van der Waals surface area contributed by atoms with Crippen LogP contribution in [0.25, 0.3) is 22.6 Å². The average molecular weight is 326 g/mol. The first-order chi connectivity index (χ1) is 11.6. The molecule has 24 heavy (non-hydrogen) atoms. The average Bonchev–Trinajstić information content (AvgIpc) is 3.14. The van der Waals surface area contributed by atoms with E-state index in [4.69, 9.17) is 9.84 Å². The Morgan fingerprint density at radius 1 is 1.33 bits per heavy atom. The lowest BCUT2D eigenvalue weighted by Crippen LogP contribution is -2.21. The summed E-state index contributed by atoms with van der Waals surface area (Å²) >= 11 is 0. The van der Waals surface area contributed by atoms with Crippen molar-refractivity contribution in [3.63, 3.8) is 0 Å². The molecule has 0 aliphatic heterocycles. The smallest absolute Gasteiger partial charge is 0.159 e. The van der Waals surface area contributed by atoms with E-state index in [1.165, 1.54) is 11.3 Å². The van der Waals surface area contributed by atoms with Crippen molar-refractivity contribution < 1.29 is 9.84 Å². The summed E-state index contributed by atoms with van der Waals surface area (Å²) in [5, 5.41) is 16.6. The van der Waals surface area contributed by atoms with Gasteiger partial charge in [-0.1, -0.05) is 13.8 Å². The van der Waals surface area contributed by atoms with Crippen molar-refractivity contribution in [3.05, 3.63) is 29.5 Å². The molecule has 126 valence electrons. The second kappa shape index (κ2) is 5.63. The number of aromatic nitrogens is 4. The summed E-state index contributed by atoms with van der Waals surface area (Å²) in [5.41, 5.74) is 5.56. The Morgan fingerprint density at radius 3 is 3.04 bits per heavy atom. The van der Waals surface area contributed by atoms with Crippen LogP contribution >= 0.6 is 0 Å². The zero-order valence-corrected chi connectivity index (χ0v) is 14.0. The fraction of sp³-hybridized carbons (Fsp3) is 0.444. The van der Waals surface area contributed by atoms with E-state index in [9.17, 15) is 0 Å². The second-order valence-corrected chi connectivity index (χ2v) is 7.21. The first-order valence-corrected chi connectivity index (χ1v) is 8.36. The first-order valence-electron chi connectivity index (χ1n) is 8.36. The van der Waals surface area contributed by atoms with Crippen molar-refractivity contribution in [1.82, 2.24) is 20.2 Å². The molecule has 2 aromatic heterocycles. The van der Waals surface area contributed by atoms with Gasteiger partial charge in [-0.3, -0.25) is 5.10 Å². The predicted molar refractivity (Wildman–Crippen MR) is 92.1 cm³/mol. The van der Waals surface area contributed by atoms with Gasteiger partial charge >= 0.3 is 0 Å². The summed E-state index contributed by atoms with van der Waals surface area (Å²) in [5.74, 6) is 1.51. The van der Waals surface area contributed by atoms with Crippen LogP contribution in [0.4, 0.5) is 0 Å². The Morgan fingerprint density at radius 2 is 2.21 bits per heavy atom. The largest absolute Gasteiger partial charge is 0.491 e. The van der Waals surface area contributed by atoms with E-state index in [1.807, 2.05) is 18.2 Å². The highest BCUT2D eigenvalue weighted by molar-refractivity contribution is 5.80. The molecule has 0 bridgehead atoms. The van der Waals surface area contributed by atoms with E-state index in [2.05, 4.69) is 34.0 Å². The van der Waals surface area contributed by atoms with E-state index < -0.39 is 0 Å². The molecular weight excluding hydrogens is 304 g/mol. The van der Waals surface area contributed by atoms with Gasteiger partial charge in [0.25, 0.3) is 0 Å². The summed E-state index contributed by atoms with van der Waals surface area (Å²) in [6.45, 7) is 4.88. The molecule has 0 radical (unpaired) electrons. The van der Waals surface area contributed by atoms with Crippen LogP contribution in [0.5, 0.6) is 5.75 Å². The van der Waals surface area contributed by atoms with E-state index in [0.717, 1.165) is 47.6 Å². The minimum absolute atomic E-state index is 0.00200. The fourth-order valence-electron chi connectivity index (χ4n) is 3.40. The van der Waals surface area contributed by atoms with Gasteiger partial charge in [-0.2, -0.15) is 5.10 Å². The predicted octanol–water partition coefficient (Wildman–Crippen LogP) is 2.84. The van der Waals surface area contributed by atoms with Gasteiger partial charge < -0.3 is 14.8 Å². The third-order valence-corrected chi connectivity index (χ3v) is 4.70. The number of hydrogen-bond donors (Lipinski definition) is 3. The number of ether oxygens (including phenoxy) is 1. The number of fused-ring (bicyclic) bond motifs is 2. The maximum Gasteiger partial charge on any atom is 0.159 e. The van der Waals surface area contributed by atoms with E-state index in [-0.39, 0.29) is 13.2 Å². The summed E-state index contributed by atoms with van der Waals surface area (Å²) in [4.78, 5) is 8.03. The van der Waals surface area contributed by atoms with Gasteiger partial charge in [-0.05, 0) is 36.8 Å². The topological polar surface area (TPSA) is 86.8 Å². The standard InChI is InChI=1S/C18H22N4O2/c1-18(2)6-5-12-15(10-18)21-22-16(12)17-19-13-4-3-11(24-8-7-23)9-14(13)20-17/h3-4,9,23H,5-8,10H2,1-2H3,(H,19,20)(H,21,22). The highest BCUT2D eigenvalue weighted by atomic mass is 16.5. The highest BCUT2D eigenvalue weighted by Crippen LogP contribution is 2.37. The van der Waals surface area contributed by atoms with Crippen molar-refractivity contribution in [2.45, 2.75) is 33.1 Å². The molecule has 0 unspecified atom stereocenters. The molecule has 2 heterocycles. The zero-order chi connectivity index (χ0) is 16.7. The van der Waals surface area contributed by atoms with Crippen LogP contribution < -0.4 is 4.74 Å². The summed E-state index contributed by atoms with van der Waals surface area (Å²) in [7, 11) is 0. The van der Waals surface area contributed by atoms with Crippen molar-refractivity contribution in [3.8, 4) is 17.3 Å². The molecule has 3 N–H and O–H groups in total. The summed E-state index contributed by atoms with van der Waals surface area (Å²) < 4.78 is 5.46. The van der Waals surface area contributed by atoms with Crippen LogP contribution in [0.1, 0.15) is 31.5 Å². The number of rotatable bonds is 4. The molecule has 0 fully saturated rings. The SMILES string of the molecule is CC1(C)CCc2c(-c3nc4ccc(OCCO)cc4[nH]3)n[nH]c2C1. The number of nitrogens with one attached hydrogen (secondary N) is 2.